The fourth-order valence-electron chi connectivity index (χ4n) is 2.69. The molecule has 0 spiro atoms. The summed E-state index contributed by atoms with van der Waals surface area (Å²) < 4.78 is 0. The second-order valence-corrected chi connectivity index (χ2v) is 5.86. The van der Waals surface area contributed by atoms with Crippen LogP contribution in [-0.4, -0.2) is 35.0 Å². The van der Waals surface area contributed by atoms with Crippen LogP contribution < -0.4 is 0 Å². The van der Waals surface area contributed by atoms with Gasteiger partial charge in [0.1, 0.15) is 0 Å². The summed E-state index contributed by atoms with van der Waals surface area (Å²) >= 11 is 5.94. The van der Waals surface area contributed by atoms with Crippen molar-refractivity contribution < 1.29 is 14.7 Å². The molecule has 0 aromatic heterocycles. The number of amides is 1. The lowest BCUT2D eigenvalue weighted by atomic mass is 9.86. The van der Waals surface area contributed by atoms with E-state index in [2.05, 4.69) is 0 Å². The Labute approximate surface area is 123 Å². The first-order valence-corrected chi connectivity index (χ1v) is 7.06. The van der Waals surface area contributed by atoms with E-state index in [9.17, 15) is 9.59 Å². The number of carbonyl (C=O) groups excluding carboxylic acids is 1. The topological polar surface area (TPSA) is 57.6 Å². The third-order valence-electron chi connectivity index (χ3n) is 3.94. The molecule has 2 unspecified atom stereocenters. The Kier molecular flexibility index (Phi) is 4.33. The van der Waals surface area contributed by atoms with Crippen LogP contribution in [0, 0.1) is 18.8 Å². The Balaban J connectivity index is 2.15. The highest BCUT2D eigenvalue weighted by molar-refractivity contribution is 6.31. The maximum absolute atomic E-state index is 12.5. The Morgan fingerprint density at radius 1 is 1.40 bits per heavy atom. The third kappa shape index (κ3) is 2.96. The van der Waals surface area contributed by atoms with E-state index < -0.39 is 5.97 Å². The number of hydrogen-bond acceptors (Lipinski definition) is 2. The molecule has 108 valence electrons. The SMILES string of the molecule is Cc1ccc(Cl)cc1C(=O)N1CCC(C(=O)O)C(C)C1. The highest BCUT2D eigenvalue weighted by Gasteiger charge is 2.33. The van der Waals surface area contributed by atoms with Crippen molar-refractivity contribution in [2.45, 2.75) is 20.3 Å². The molecule has 1 aliphatic rings. The number of carboxylic acid groups (broad SMARTS) is 1. The fraction of sp³-hybridized carbons (Fsp3) is 0.467. The molecule has 4 nitrogen and oxygen atoms in total. The van der Waals surface area contributed by atoms with E-state index in [0.717, 1.165) is 5.56 Å². The van der Waals surface area contributed by atoms with Crippen LogP contribution in [0.2, 0.25) is 5.02 Å². The third-order valence-corrected chi connectivity index (χ3v) is 4.17. The van der Waals surface area contributed by atoms with E-state index in [-0.39, 0.29) is 17.7 Å². The van der Waals surface area contributed by atoms with Gasteiger partial charge < -0.3 is 10.0 Å². The molecule has 1 amide bonds. The van der Waals surface area contributed by atoms with E-state index in [1.165, 1.54) is 0 Å². The van der Waals surface area contributed by atoms with E-state index in [4.69, 9.17) is 16.7 Å². The van der Waals surface area contributed by atoms with Gasteiger partial charge in [0, 0.05) is 23.7 Å². The monoisotopic (exact) mass is 295 g/mol. The Bertz CT molecular complexity index is 544. The summed E-state index contributed by atoms with van der Waals surface area (Å²) in [6, 6.07) is 5.25. The molecule has 0 radical (unpaired) electrons. The summed E-state index contributed by atoms with van der Waals surface area (Å²) in [5.74, 6) is -1.24. The van der Waals surface area contributed by atoms with Gasteiger partial charge in [0.25, 0.3) is 5.91 Å². The van der Waals surface area contributed by atoms with Gasteiger partial charge in [0.15, 0.2) is 0 Å². The molecule has 1 heterocycles. The minimum Gasteiger partial charge on any atom is -0.481 e. The predicted octanol–water partition coefficient (Wildman–Crippen LogP) is 2.83. The van der Waals surface area contributed by atoms with Crippen molar-refractivity contribution in [1.82, 2.24) is 4.90 Å². The zero-order valence-electron chi connectivity index (χ0n) is 11.6. The van der Waals surface area contributed by atoms with Gasteiger partial charge in [-0.25, -0.2) is 0 Å². The van der Waals surface area contributed by atoms with Gasteiger partial charge in [-0.05, 0) is 37.0 Å². The summed E-state index contributed by atoms with van der Waals surface area (Å²) in [4.78, 5) is 25.3. The molecule has 0 aliphatic carbocycles. The summed E-state index contributed by atoms with van der Waals surface area (Å²) in [6.07, 6.45) is 0.502. The lowest BCUT2D eigenvalue weighted by Gasteiger charge is -2.35. The van der Waals surface area contributed by atoms with Crippen LogP contribution in [0.4, 0.5) is 0 Å². The molecule has 20 heavy (non-hydrogen) atoms. The molecule has 1 fully saturated rings. The number of carboxylic acids is 1. The quantitative estimate of drug-likeness (QED) is 0.913. The number of piperidine rings is 1. The van der Waals surface area contributed by atoms with E-state index >= 15 is 0 Å². The van der Waals surface area contributed by atoms with E-state index in [0.29, 0.717) is 30.1 Å². The summed E-state index contributed by atoms with van der Waals surface area (Å²) in [5, 5.41) is 9.64. The van der Waals surface area contributed by atoms with E-state index in [1.807, 2.05) is 19.9 Å². The first-order chi connectivity index (χ1) is 9.40. The average Bonchev–Trinajstić information content (AvgIpc) is 2.40. The Hall–Kier alpha value is -1.55. The minimum absolute atomic E-state index is 0.0373. The van der Waals surface area contributed by atoms with E-state index in [1.54, 1.807) is 17.0 Å². The van der Waals surface area contributed by atoms with Crippen LogP contribution in [0.25, 0.3) is 0 Å². The largest absolute Gasteiger partial charge is 0.481 e. The van der Waals surface area contributed by atoms with Gasteiger partial charge in [-0.3, -0.25) is 9.59 Å². The van der Waals surface area contributed by atoms with Gasteiger partial charge in [0.2, 0.25) is 0 Å². The molecular formula is C15H18ClNO3. The molecule has 1 aromatic carbocycles. The van der Waals surface area contributed by atoms with Crippen molar-refractivity contribution >= 4 is 23.5 Å². The molecule has 0 bridgehead atoms. The van der Waals surface area contributed by atoms with Crippen molar-refractivity contribution in [2.75, 3.05) is 13.1 Å². The standard InChI is InChI=1S/C15H18ClNO3/c1-9-3-4-11(16)7-13(9)14(18)17-6-5-12(15(19)20)10(2)8-17/h3-4,7,10,12H,5-6,8H2,1-2H3,(H,19,20). The predicted molar refractivity (Wildman–Crippen MR) is 77.0 cm³/mol. The maximum Gasteiger partial charge on any atom is 0.306 e. The van der Waals surface area contributed by atoms with Gasteiger partial charge in [-0.2, -0.15) is 0 Å². The van der Waals surface area contributed by atoms with Crippen molar-refractivity contribution in [1.29, 1.82) is 0 Å². The van der Waals surface area contributed by atoms with Crippen LogP contribution in [0.15, 0.2) is 18.2 Å². The van der Waals surface area contributed by atoms with Gasteiger partial charge in [-0.15, -0.1) is 0 Å². The van der Waals surface area contributed by atoms with Crippen molar-refractivity contribution in [2.24, 2.45) is 11.8 Å². The molecule has 1 saturated heterocycles. The maximum atomic E-state index is 12.5. The molecular weight excluding hydrogens is 278 g/mol. The molecule has 1 N–H and O–H groups in total. The van der Waals surface area contributed by atoms with Crippen molar-refractivity contribution in [3.05, 3.63) is 34.3 Å². The molecule has 0 saturated carbocycles. The van der Waals surface area contributed by atoms with Crippen molar-refractivity contribution in [3.63, 3.8) is 0 Å². The summed E-state index contributed by atoms with van der Waals surface area (Å²) in [6.45, 7) is 4.70. The first-order valence-electron chi connectivity index (χ1n) is 6.68. The summed E-state index contributed by atoms with van der Waals surface area (Å²) in [5.41, 5.74) is 1.48. The van der Waals surface area contributed by atoms with Crippen LogP contribution >= 0.6 is 11.6 Å². The number of carbonyl (C=O) groups is 2. The Morgan fingerprint density at radius 2 is 2.10 bits per heavy atom. The fourth-order valence-corrected chi connectivity index (χ4v) is 2.86. The molecule has 2 atom stereocenters. The Morgan fingerprint density at radius 3 is 2.70 bits per heavy atom. The molecule has 2 rings (SSSR count). The zero-order chi connectivity index (χ0) is 14.9. The van der Waals surface area contributed by atoms with Crippen molar-refractivity contribution in [3.8, 4) is 0 Å². The van der Waals surface area contributed by atoms with Crippen LogP contribution in [0.3, 0.4) is 0 Å². The normalized spacial score (nSPS) is 22.6. The molecule has 5 heteroatoms. The number of halogens is 1. The van der Waals surface area contributed by atoms with Gasteiger partial charge >= 0.3 is 5.97 Å². The number of benzene rings is 1. The number of likely N-dealkylation sites (tertiary alicyclic amines) is 1. The smallest absolute Gasteiger partial charge is 0.306 e. The average molecular weight is 296 g/mol. The van der Waals surface area contributed by atoms with Crippen LogP contribution in [0.5, 0.6) is 0 Å². The van der Waals surface area contributed by atoms with Crippen LogP contribution in [0.1, 0.15) is 29.3 Å². The lowest BCUT2D eigenvalue weighted by Crippen LogP contribution is -2.45. The highest BCUT2D eigenvalue weighted by Crippen LogP contribution is 2.26. The molecule has 1 aliphatic heterocycles. The number of rotatable bonds is 2. The number of aryl methyl sites for hydroxylation is 1. The second-order valence-electron chi connectivity index (χ2n) is 5.42. The lowest BCUT2D eigenvalue weighted by molar-refractivity contribution is -0.145. The zero-order valence-corrected chi connectivity index (χ0v) is 12.4. The second kappa shape index (κ2) is 5.83. The minimum atomic E-state index is -0.775. The van der Waals surface area contributed by atoms with Crippen LogP contribution in [-0.2, 0) is 4.79 Å². The summed E-state index contributed by atoms with van der Waals surface area (Å²) in [7, 11) is 0. The molecule has 1 aromatic rings. The number of nitrogens with zero attached hydrogens (tertiary/aromatic N) is 1. The van der Waals surface area contributed by atoms with Gasteiger partial charge in [-0.1, -0.05) is 24.6 Å². The highest BCUT2D eigenvalue weighted by atomic mass is 35.5. The number of aliphatic carboxylic acids is 1. The number of hydrogen-bond donors (Lipinski definition) is 1. The first kappa shape index (κ1) is 14.9. The van der Waals surface area contributed by atoms with Gasteiger partial charge in [0.05, 0.1) is 5.92 Å².